The number of fused-ring (bicyclic) bond motifs is 2. The molecule has 0 saturated heterocycles. The maximum atomic E-state index is 13.1. The Morgan fingerprint density at radius 1 is 1.23 bits per heavy atom. The monoisotopic (exact) mass is 424 g/mol. The second-order valence-electron chi connectivity index (χ2n) is 7.87. The lowest BCUT2D eigenvalue weighted by Gasteiger charge is -2.08. The van der Waals surface area contributed by atoms with Gasteiger partial charge in [-0.05, 0) is 50.3 Å². The summed E-state index contributed by atoms with van der Waals surface area (Å²) in [5, 5.41) is 6.75. The molecule has 4 rings (SSSR count). The molecular weight excluding hydrogens is 400 g/mol. The van der Waals surface area contributed by atoms with Crippen molar-refractivity contribution in [2.75, 3.05) is 10.6 Å². The molecule has 156 valence electrons. The number of hydrogen-bond acceptors (Lipinski definition) is 5. The summed E-state index contributed by atoms with van der Waals surface area (Å²) in [6.45, 7) is 6.20. The summed E-state index contributed by atoms with van der Waals surface area (Å²) in [6, 6.07) is 6.34. The van der Waals surface area contributed by atoms with Crippen LogP contribution in [0.1, 0.15) is 48.4 Å². The molecule has 3 aromatic rings. The van der Waals surface area contributed by atoms with E-state index in [9.17, 15) is 14.4 Å². The van der Waals surface area contributed by atoms with Crippen LogP contribution in [0.2, 0.25) is 0 Å². The Balaban J connectivity index is 1.61. The first-order valence-electron chi connectivity index (χ1n) is 10.1. The number of nitrogens with zero attached hydrogens (tertiary/aromatic N) is 2. The molecule has 8 heteroatoms. The van der Waals surface area contributed by atoms with Crippen molar-refractivity contribution in [3.63, 3.8) is 0 Å². The number of carbonyl (C=O) groups excluding carboxylic acids is 2. The van der Waals surface area contributed by atoms with Crippen LogP contribution in [0.15, 0.2) is 29.1 Å². The predicted molar refractivity (Wildman–Crippen MR) is 120 cm³/mol. The van der Waals surface area contributed by atoms with Gasteiger partial charge in [0.2, 0.25) is 0 Å². The first-order valence-corrected chi connectivity index (χ1v) is 10.9. The fraction of sp³-hybridized carbons (Fsp3) is 0.364. The van der Waals surface area contributed by atoms with Crippen LogP contribution in [-0.4, -0.2) is 21.4 Å². The Bertz CT molecular complexity index is 1210. The van der Waals surface area contributed by atoms with E-state index in [4.69, 9.17) is 4.98 Å². The molecule has 2 amide bonds. The van der Waals surface area contributed by atoms with Crippen LogP contribution in [0.4, 0.5) is 15.5 Å². The summed E-state index contributed by atoms with van der Waals surface area (Å²) in [4.78, 5) is 42.6. The molecular formula is C22H24N4O3S. The van der Waals surface area contributed by atoms with Crippen molar-refractivity contribution >= 4 is 44.1 Å². The quantitative estimate of drug-likeness (QED) is 0.602. The van der Waals surface area contributed by atoms with E-state index in [1.165, 1.54) is 18.3 Å². The van der Waals surface area contributed by atoms with Gasteiger partial charge in [-0.25, -0.2) is 9.78 Å². The van der Waals surface area contributed by atoms with Crippen LogP contribution in [-0.2, 0) is 13.0 Å². The smallest absolute Gasteiger partial charge is 0.308 e. The Kier molecular flexibility index (Phi) is 5.42. The number of urea groups is 1. The Morgan fingerprint density at radius 3 is 2.80 bits per heavy atom. The second kappa shape index (κ2) is 8.02. The van der Waals surface area contributed by atoms with E-state index in [1.54, 1.807) is 28.8 Å². The van der Waals surface area contributed by atoms with Gasteiger partial charge in [-0.2, -0.15) is 0 Å². The SMILES string of the molecule is CC(=O)c1cccc(NC(=O)Nc2sc3nc4n(c(=O)c3c2C)CC[C@@H](C)CC4)c1. The Labute approximate surface area is 178 Å². The normalized spacial score (nSPS) is 16.0. The number of nitrogens with one attached hydrogen (secondary N) is 2. The number of amides is 2. The Hall–Kier alpha value is -3.00. The minimum atomic E-state index is -0.430. The Morgan fingerprint density at radius 2 is 2.03 bits per heavy atom. The van der Waals surface area contributed by atoms with Gasteiger partial charge in [-0.15, -0.1) is 0 Å². The van der Waals surface area contributed by atoms with E-state index in [1.807, 2.05) is 6.92 Å². The van der Waals surface area contributed by atoms with E-state index in [-0.39, 0.29) is 11.3 Å². The first kappa shape index (κ1) is 20.3. The summed E-state index contributed by atoms with van der Waals surface area (Å²) in [5.41, 5.74) is 1.75. The molecule has 1 aliphatic rings. The summed E-state index contributed by atoms with van der Waals surface area (Å²) in [7, 11) is 0. The van der Waals surface area contributed by atoms with Crippen LogP contribution in [0.5, 0.6) is 0 Å². The van der Waals surface area contributed by atoms with Crippen molar-refractivity contribution in [2.24, 2.45) is 5.92 Å². The number of benzene rings is 1. The topological polar surface area (TPSA) is 93.1 Å². The van der Waals surface area contributed by atoms with Gasteiger partial charge in [0, 0.05) is 24.2 Å². The number of ketones is 1. The number of thiophene rings is 1. The average Bonchev–Trinajstić information content (AvgIpc) is 2.88. The maximum absolute atomic E-state index is 13.1. The molecule has 0 bridgehead atoms. The van der Waals surface area contributed by atoms with Crippen LogP contribution in [0.3, 0.4) is 0 Å². The van der Waals surface area contributed by atoms with Crippen molar-refractivity contribution in [2.45, 2.75) is 46.6 Å². The van der Waals surface area contributed by atoms with Gasteiger partial charge in [-0.1, -0.05) is 30.4 Å². The zero-order chi connectivity index (χ0) is 21.4. The minimum Gasteiger partial charge on any atom is -0.308 e. The van der Waals surface area contributed by atoms with Crippen LogP contribution < -0.4 is 16.2 Å². The fourth-order valence-corrected chi connectivity index (χ4v) is 4.84. The number of hydrogen-bond donors (Lipinski definition) is 2. The molecule has 0 unspecified atom stereocenters. The van der Waals surface area contributed by atoms with Gasteiger partial charge < -0.3 is 5.32 Å². The van der Waals surface area contributed by atoms with Crippen LogP contribution in [0, 0.1) is 12.8 Å². The van der Waals surface area contributed by atoms with E-state index in [2.05, 4.69) is 17.6 Å². The van der Waals surface area contributed by atoms with E-state index >= 15 is 0 Å². The third-order valence-electron chi connectivity index (χ3n) is 5.59. The number of rotatable bonds is 3. The van der Waals surface area contributed by atoms with E-state index in [0.717, 1.165) is 30.7 Å². The van der Waals surface area contributed by atoms with Gasteiger partial charge >= 0.3 is 6.03 Å². The van der Waals surface area contributed by atoms with Gasteiger partial charge in [0.1, 0.15) is 15.7 Å². The summed E-state index contributed by atoms with van der Waals surface area (Å²) < 4.78 is 1.79. The number of anilines is 2. The molecule has 0 fully saturated rings. The van der Waals surface area contributed by atoms with Gasteiger partial charge in [0.15, 0.2) is 5.78 Å². The van der Waals surface area contributed by atoms with Gasteiger partial charge in [0.05, 0.1) is 5.39 Å². The van der Waals surface area contributed by atoms with Crippen molar-refractivity contribution in [3.05, 3.63) is 51.6 Å². The zero-order valence-corrected chi connectivity index (χ0v) is 18.1. The minimum absolute atomic E-state index is 0.0273. The molecule has 0 aliphatic carbocycles. The number of Topliss-reactive ketones (excluding diaryl/α,β-unsaturated/α-hetero) is 1. The van der Waals surface area contributed by atoms with Crippen molar-refractivity contribution < 1.29 is 9.59 Å². The maximum Gasteiger partial charge on any atom is 0.324 e. The average molecular weight is 425 g/mol. The summed E-state index contributed by atoms with van der Waals surface area (Å²) in [6.07, 6.45) is 2.78. The molecule has 0 saturated carbocycles. The highest BCUT2D eigenvalue weighted by Gasteiger charge is 2.21. The zero-order valence-electron chi connectivity index (χ0n) is 17.2. The largest absolute Gasteiger partial charge is 0.324 e. The molecule has 30 heavy (non-hydrogen) atoms. The highest BCUT2D eigenvalue weighted by atomic mass is 32.1. The standard InChI is InChI=1S/C22H24N4O3S/c1-12-7-8-17-24-20-18(21(28)26(17)10-9-12)13(2)19(30-20)25-22(29)23-16-6-4-5-15(11-16)14(3)27/h4-6,11-12H,7-10H2,1-3H3,(H2,23,25,29)/t12-/m0/s1. The molecule has 1 atom stereocenters. The molecule has 1 aromatic carbocycles. The molecule has 3 heterocycles. The lowest BCUT2D eigenvalue weighted by atomic mass is 10.0. The lowest BCUT2D eigenvalue weighted by Crippen LogP contribution is -2.24. The molecule has 2 aromatic heterocycles. The van der Waals surface area contributed by atoms with E-state index < -0.39 is 6.03 Å². The lowest BCUT2D eigenvalue weighted by molar-refractivity contribution is 0.101. The first-order chi connectivity index (χ1) is 14.3. The third-order valence-corrected chi connectivity index (χ3v) is 6.69. The van der Waals surface area contributed by atoms with Crippen LogP contribution in [0.25, 0.3) is 10.2 Å². The molecule has 0 spiro atoms. The molecule has 2 N–H and O–H groups in total. The number of aromatic nitrogens is 2. The summed E-state index contributed by atoms with van der Waals surface area (Å²) in [5.74, 6) is 1.34. The van der Waals surface area contributed by atoms with Gasteiger partial charge in [0.25, 0.3) is 5.56 Å². The summed E-state index contributed by atoms with van der Waals surface area (Å²) >= 11 is 1.31. The van der Waals surface area contributed by atoms with Gasteiger partial charge in [-0.3, -0.25) is 19.5 Å². The van der Waals surface area contributed by atoms with Crippen molar-refractivity contribution in [1.29, 1.82) is 0 Å². The number of carbonyl (C=O) groups is 2. The van der Waals surface area contributed by atoms with Crippen molar-refractivity contribution in [3.8, 4) is 0 Å². The predicted octanol–water partition coefficient (Wildman–Crippen LogP) is 4.59. The molecule has 0 radical (unpaired) electrons. The molecule has 1 aliphatic heterocycles. The van der Waals surface area contributed by atoms with Crippen LogP contribution >= 0.6 is 11.3 Å². The highest BCUT2D eigenvalue weighted by Crippen LogP contribution is 2.33. The third kappa shape index (κ3) is 3.87. The second-order valence-corrected chi connectivity index (χ2v) is 8.87. The van der Waals surface area contributed by atoms with E-state index in [0.29, 0.717) is 38.9 Å². The fourth-order valence-electron chi connectivity index (χ4n) is 3.75. The highest BCUT2D eigenvalue weighted by molar-refractivity contribution is 7.22. The van der Waals surface area contributed by atoms with Crippen molar-refractivity contribution in [1.82, 2.24) is 9.55 Å². The number of aryl methyl sites for hydroxylation is 2. The molecule has 7 nitrogen and oxygen atoms in total.